The molecule has 0 fully saturated rings. The fraction of sp³-hybridized carbons (Fsp3) is 0.273. The first-order valence-corrected chi connectivity index (χ1v) is 5.03. The van der Waals surface area contributed by atoms with Crippen LogP contribution in [0, 0.1) is 0 Å². The molecule has 0 aliphatic carbocycles. The topological polar surface area (TPSA) is 86.9 Å². The maximum Gasteiger partial charge on any atom is 0.219 e. The Labute approximate surface area is 93.1 Å². The Morgan fingerprint density at radius 3 is 3.00 bits per heavy atom. The molecule has 1 amide bonds. The van der Waals surface area contributed by atoms with Crippen LogP contribution < -0.4 is 11.5 Å². The largest absolute Gasteiger partial charge is 0.370 e. The number of carbonyl (C=O) groups is 1. The van der Waals surface area contributed by atoms with Crippen molar-refractivity contribution in [3.05, 3.63) is 30.1 Å². The van der Waals surface area contributed by atoms with Crippen LogP contribution in [-0.2, 0) is 11.8 Å². The van der Waals surface area contributed by atoms with E-state index in [1.54, 1.807) is 6.33 Å². The van der Waals surface area contributed by atoms with Gasteiger partial charge in [0.25, 0.3) is 0 Å². The molecule has 5 heteroatoms. The van der Waals surface area contributed by atoms with Crippen LogP contribution in [-0.4, -0.2) is 15.5 Å². The minimum Gasteiger partial charge on any atom is -0.370 e. The molecule has 1 unspecified atom stereocenters. The zero-order chi connectivity index (χ0) is 11.7. The first-order valence-electron chi connectivity index (χ1n) is 5.03. The van der Waals surface area contributed by atoms with Gasteiger partial charge in [0.1, 0.15) is 0 Å². The molecule has 4 N–H and O–H groups in total. The molecule has 1 aromatic carbocycles. The highest BCUT2D eigenvalue weighted by atomic mass is 16.1. The van der Waals surface area contributed by atoms with Crippen molar-refractivity contribution in [1.82, 2.24) is 9.55 Å². The normalized spacial score (nSPS) is 12.9. The number of nitrogens with zero attached hydrogens (tertiary/aromatic N) is 2. The number of aryl methyl sites for hydroxylation is 1. The predicted octanol–water partition coefficient (Wildman–Crippen LogP) is 0.448. The van der Waals surface area contributed by atoms with E-state index >= 15 is 0 Å². The Morgan fingerprint density at radius 2 is 2.31 bits per heavy atom. The molecule has 1 atom stereocenters. The molecule has 0 spiro atoms. The van der Waals surface area contributed by atoms with Gasteiger partial charge in [0.05, 0.1) is 17.4 Å². The third-order valence-corrected chi connectivity index (χ3v) is 2.60. The molecule has 0 aliphatic heterocycles. The molecule has 84 valence electrons. The van der Waals surface area contributed by atoms with Crippen molar-refractivity contribution < 1.29 is 4.79 Å². The van der Waals surface area contributed by atoms with Crippen LogP contribution in [0.2, 0.25) is 0 Å². The van der Waals surface area contributed by atoms with E-state index in [0.29, 0.717) is 0 Å². The second-order valence-electron chi connectivity index (χ2n) is 3.88. The number of hydrogen-bond acceptors (Lipinski definition) is 3. The molecule has 0 radical (unpaired) electrons. The highest BCUT2D eigenvalue weighted by molar-refractivity contribution is 5.77. The van der Waals surface area contributed by atoms with Gasteiger partial charge in [0.2, 0.25) is 5.91 Å². The summed E-state index contributed by atoms with van der Waals surface area (Å²) in [5, 5.41) is 0. The van der Waals surface area contributed by atoms with E-state index in [-0.39, 0.29) is 12.5 Å². The molecule has 1 heterocycles. The predicted molar refractivity (Wildman–Crippen MR) is 61.5 cm³/mol. The summed E-state index contributed by atoms with van der Waals surface area (Å²) in [6, 6.07) is 5.38. The van der Waals surface area contributed by atoms with E-state index in [0.717, 1.165) is 16.6 Å². The standard InChI is InChI=1S/C11H14N4O/c1-15-6-14-9-4-7(2-3-10(9)15)8(12)5-11(13)16/h2-4,6,8H,5,12H2,1H3,(H2,13,16). The maximum atomic E-state index is 10.8. The number of aromatic nitrogens is 2. The van der Waals surface area contributed by atoms with Crippen LogP contribution >= 0.6 is 0 Å². The van der Waals surface area contributed by atoms with Gasteiger partial charge in [0, 0.05) is 19.5 Å². The second kappa shape index (κ2) is 3.94. The van der Waals surface area contributed by atoms with Gasteiger partial charge in [-0.05, 0) is 17.7 Å². The number of amides is 1. The number of hydrogen-bond donors (Lipinski definition) is 2. The van der Waals surface area contributed by atoms with E-state index in [4.69, 9.17) is 11.5 Å². The summed E-state index contributed by atoms with van der Waals surface area (Å²) in [5.41, 5.74) is 13.8. The Kier molecular flexibility index (Phi) is 2.62. The monoisotopic (exact) mass is 218 g/mol. The highest BCUT2D eigenvalue weighted by Crippen LogP contribution is 2.19. The van der Waals surface area contributed by atoms with E-state index < -0.39 is 5.91 Å². The Morgan fingerprint density at radius 1 is 1.56 bits per heavy atom. The van der Waals surface area contributed by atoms with Gasteiger partial charge < -0.3 is 16.0 Å². The minimum absolute atomic E-state index is 0.151. The van der Waals surface area contributed by atoms with Gasteiger partial charge in [0.15, 0.2) is 0 Å². The first kappa shape index (κ1) is 10.6. The lowest BCUT2D eigenvalue weighted by Crippen LogP contribution is -2.20. The third-order valence-electron chi connectivity index (χ3n) is 2.60. The lowest BCUT2D eigenvalue weighted by molar-refractivity contribution is -0.118. The SMILES string of the molecule is Cn1cnc2cc(C(N)CC(N)=O)ccc21. The van der Waals surface area contributed by atoms with Crippen LogP contribution in [0.4, 0.5) is 0 Å². The number of primary amides is 1. The summed E-state index contributed by atoms with van der Waals surface area (Å²) in [6.07, 6.45) is 1.90. The van der Waals surface area contributed by atoms with Crippen molar-refractivity contribution in [3.63, 3.8) is 0 Å². The van der Waals surface area contributed by atoms with E-state index in [2.05, 4.69) is 4.98 Å². The Balaban J connectivity index is 2.35. The average Bonchev–Trinajstić information content (AvgIpc) is 2.59. The van der Waals surface area contributed by atoms with Crippen LogP contribution in [0.5, 0.6) is 0 Å². The van der Waals surface area contributed by atoms with E-state index in [1.807, 2.05) is 29.8 Å². The van der Waals surface area contributed by atoms with Gasteiger partial charge in [-0.1, -0.05) is 6.07 Å². The maximum absolute atomic E-state index is 10.8. The number of carbonyl (C=O) groups excluding carboxylic acids is 1. The first-order chi connectivity index (χ1) is 7.58. The lowest BCUT2D eigenvalue weighted by Gasteiger charge is -2.09. The quantitative estimate of drug-likeness (QED) is 0.784. The number of nitrogens with two attached hydrogens (primary N) is 2. The van der Waals surface area contributed by atoms with Gasteiger partial charge in [-0.25, -0.2) is 4.98 Å². The molecular weight excluding hydrogens is 204 g/mol. The van der Waals surface area contributed by atoms with Crippen molar-refractivity contribution in [2.75, 3.05) is 0 Å². The van der Waals surface area contributed by atoms with Crippen molar-refractivity contribution in [3.8, 4) is 0 Å². The molecule has 2 aromatic rings. The molecule has 0 bridgehead atoms. The van der Waals surface area contributed by atoms with Crippen LogP contribution in [0.25, 0.3) is 11.0 Å². The summed E-state index contributed by atoms with van der Waals surface area (Å²) >= 11 is 0. The van der Waals surface area contributed by atoms with E-state index in [1.165, 1.54) is 0 Å². The molecule has 0 saturated heterocycles. The van der Waals surface area contributed by atoms with Crippen LogP contribution in [0.3, 0.4) is 0 Å². The molecular formula is C11H14N4O. The van der Waals surface area contributed by atoms with Gasteiger partial charge in [-0.2, -0.15) is 0 Å². The Bertz CT molecular complexity index is 532. The number of rotatable bonds is 3. The molecule has 0 aliphatic rings. The fourth-order valence-electron chi connectivity index (χ4n) is 1.72. The summed E-state index contributed by atoms with van der Waals surface area (Å²) in [5.74, 6) is -0.395. The summed E-state index contributed by atoms with van der Waals surface area (Å²) < 4.78 is 1.93. The highest BCUT2D eigenvalue weighted by Gasteiger charge is 2.10. The number of fused-ring (bicyclic) bond motifs is 1. The number of benzene rings is 1. The fourth-order valence-corrected chi connectivity index (χ4v) is 1.72. The zero-order valence-electron chi connectivity index (χ0n) is 9.05. The van der Waals surface area contributed by atoms with E-state index in [9.17, 15) is 4.79 Å². The molecule has 2 rings (SSSR count). The third kappa shape index (κ3) is 1.90. The second-order valence-corrected chi connectivity index (χ2v) is 3.88. The summed E-state index contributed by atoms with van der Waals surface area (Å²) in [7, 11) is 1.93. The molecule has 0 saturated carbocycles. The average molecular weight is 218 g/mol. The van der Waals surface area contributed by atoms with Crippen LogP contribution in [0.1, 0.15) is 18.0 Å². The summed E-state index contributed by atoms with van der Waals surface area (Å²) in [4.78, 5) is 15.0. The molecule has 16 heavy (non-hydrogen) atoms. The van der Waals surface area contributed by atoms with Gasteiger partial charge in [-0.3, -0.25) is 4.79 Å². The van der Waals surface area contributed by atoms with Crippen molar-refractivity contribution >= 4 is 16.9 Å². The minimum atomic E-state index is -0.395. The smallest absolute Gasteiger partial charge is 0.219 e. The van der Waals surface area contributed by atoms with Crippen molar-refractivity contribution in [2.45, 2.75) is 12.5 Å². The summed E-state index contributed by atoms with van der Waals surface area (Å²) in [6.45, 7) is 0. The van der Waals surface area contributed by atoms with Crippen molar-refractivity contribution in [1.29, 1.82) is 0 Å². The molecule has 5 nitrogen and oxygen atoms in total. The van der Waals surface area contributed by atoms with Gasteiger partial charge in [-0.15, -0.1) is 0 Å². The van der Waals surface area contributed by atoms with Crippen molar-refractivity contribution in [2.24, 2.45) is 18.5 Å². The Hall–Kier alpha value is -1.88. The number of imidazole rings is 1. The van der Waals surface area contributed by atoms with Gasteiger partial charge >= 0.3 is 0 Å². The van der Waals surface area contributed by atoms with Crippen LogP contribution in [0.15, 0.2) is 24.5 Å². The lowest BCUT2D eigenvalue weighted by atomic mass is 10.0. The molecule has 1 aromatic heterocycles. The zero-order valence-corrected chi connectivity index (χ0v) is 9.05.